The molecule has 2 aromatic rings. The van der Waals surface area contributed by atoms with Gasteiger partial charge in [0.1, 0.15) is 5.69 Å². The monoisotopic (exact) mass is 356 g/mol. The molecule has 12 heteroatoms. The minimum Gasteiger partial charge on any atom is -0.477 e. The minimum atomic E-state index is -2.12. The van der Waals surface area contributed by atoms with Gasteiger partial charge in [0.15, 0.2) is 17.3 Å². The standard InChI is InChI=1S/C6HF4NO.C6H2F3NO2/c7-2-1-3(6(10)12)11-5(9)4(2)8;7-2-1-3(6(11)12)10-5(9)4(2)8/h1H;1H,(H,11,12). The number of aromatic nitrogens is 2. The van der Waals surface area contributed by atoms with E-state index >= 15 is 0 Å². The molecule has 0 aliphatic heterocycles. The SMILES string of the molecule is O=C(F)c1cc(F)c(F)c(F)n1.O=C(O)c1cc(F)c(F)c(F)n1. The Morgan fingerprint density at radius 2 is 1.17 bits per heavy atom. The zero-order chi connectivity index (χ0) is 18.6. The molecule has 0 saturated heterocycles. The maximum atomic E-state index is 12.3. The number of rotatable bonds is 2. The number of carbonyl (C=O) groups excluding carboxylic acids is 1. The summed E-state index contributed by atoms with van der Waals surface area (Å²) in [6, 6.07) is -1.63. The number of nitrogens with zero attached hydrogens (tertiary/aromatic N) is 2. The zero-order valence-electron chi connectivity index (χ0n) is 11.0. The molecule has 2 heterocycles. The van der Waals surface area contributed by atoms with Gasteiger partial charge in [-0.25, -0.2) is 23.5 Å². The van der Waals surface area contributed by atoms with Gasteiger partial charge >= 0.3 is 12.0 Å². The molecule has 2 rings (SSSR count). The van der Waals surface area contributed by atoms with Crippen LogP contribution in [0, 0.1) is 35.2 Å². The van der Waals surface area contributed by atoms with Gasteiger partial charge in [0, 0.05) is 12.1 Å². The Morgan fingerprint density at radius 3 is 1.50 bits per heavy atom. The number of hydrogen-bond donors (Lipinski definition) is 1. The lowest BCUT2D eigenvalue weighted by molar-refractivity contribution is 0.0687. The molecule has 5 nitrogen and oxygen atoms in total. The first-order valence-electron chi connectivity index (χ1n) is 5.50. The highest BCUT2D eigenvalue weighted by molar-refractivity contribution is 5.86. The Morgan fingerprint density at radius 1 is 0.792 bits per heavy atom. The molecule has 0 radical (unpaired) electrons. The highest BCUT2D eigenvalue weighted by Gasteiger charge is 2.16. The van der Waals surface area contributed by atoms with Crippen molar-refractivity contribution >= 4 is 12.0 Å². The minimum absolute atomic E-state index is 0.181. The molecule has 0 atom stereocenters. The lowest BCUT2D eigenvalue weighted by Crippen LogP contribution is -2.05. The van der Waals surface area contributed by atoms with E-state index in [9.17, 15) is 40.3 Å². The Balaban J connectivity index is 0.000000240. The van der Waals surface area contributed by atoms with Crippen molar-refractivity contribution in [1.29, 1.82) is 0 Å². The summed E-state index contributed by atoms with van der Waals surface area (Å²) in [5.74, 6) is -12.0. The summed E-state index contributed by atoms with van der Waals surface area (Å²) in [4.78, 5) is 25.2. The predicted molar refractivity (Wildman–Crippen MR) is 60.6 cm³/mol. The molecule has 0 aliphatic rings. The Kier molecular flexibility index (Phi) is 5.92. The van der Waals surface area contributed by atoms with Crippen molar-refractivity contribution in [1.82, 2.24) is 9.97 Å². The van der Waals surface area contributed by atoms with E-state index in [1.54, 1.807) is 0 Å². The molecular formula is C12H3F7N2O3. The molecular weight excluding hydrogens is 353 g/mol. The van der Waals surface area contributed by atoms with Crippen LogP contribution < -0.4 is 0 Å². The fourth-order valence-corrected chi connectivity index (χ4v) is 1.15. The summed E-state index contributed by atoms with van der Waals surface area (Å²) in [6.07, 6.45) is 0. The second-order valence-electron chi connectivity index (χ2n) is 3.77. The lowest BCUT2D eigenvalue weighted by Gasteiger charge is -1.95. The van der Waals surface area contributed by atoms with Crippen molar-refractivity contribution in [2.24, 2.45) is 0 Å². The van der Waals surface area contributed by atoms with Crippen molar-refractivity contribution in [3.8, 4) is 0 Å². The van der Waals surface area contributed by atoms with Crippen LogP contribution in [0.1, 0.15) is 21.0 Å². The average molecular weight is 356 g/mol. The van der Waals surface area contributed by atoms with Crippen LogP contribution in [0.4, 0.5) is 30.7 Å². The largest absolute Gasteiger partial charge is 0.477 e. The van der Waals surface area contributed by atoms with E-state index in [-0.39, 0.29) is 6.07 Å². The van der Waals surface area contributed by atoms with Gasteiger partial charge in [0.05, 0.1) is 0 Å². The molecule has 0 bridgehead atoms. The summed E-state index contributed by atoms with van der Waals surface area (Å²) in [6.45, 7) is 0. The molecule has 0 aliphatic carbocycles. The predicted octanol–water partition coefficient (Wildman–Crippen LogP) is 2.81. The van der Waals surface area contributed by atoms with Gasteiger partial charge in [-0.3, -0.25) is 4.79 Å². The Labute approximate surface area is 127 Å². The van der Waals surface area contributed by atoms with E-state index in [2.05, 4.69) is 9.97 Å². The summed E-state index contributed by atoms with van der Waals surface area (Å²) in [7, 11) is 0. The van der Waals surface area contributed by atoms with Crippen molar-refractivity contribution < 1.29 is 45.4 Å². The van der Waals surface area contributed by atoms with Gasteiger partial charge in [0.2, 0.25) is 11.6 Å². The molecule has 2 aromatic heterocycles. The summed E-state index contributed by atoms with van der Waals surface area (Å²) in [5.41, 5.74) is -1.96. The third kappa shape index (κ3) is 4.47. The van der Waals surface area contributed by atoms with E-state index in [4.69, 9.17) is 5.11 Å². The first kappa shape index (κ1) is 19.0. The molecule has 24 heavy (non-hydrogen) atoms. The van der Waals surface area contributed by atoms with E-state index in [1.165, 1.54) is 0 Å². The van der Waals surface area contributed by atoms with E-state index in [0.29, 0.717) is 6.07 Å². The van der Waals surface area contributed by atoms with Crippen LogP contribution in [0.2, 0.25) is 0 Å². The maximum Gasteiger partial charge on any atom is 0.354 e. The van der Waals surface area contributed by atoms with Crippen LogP contribution in [-0.4, -0.2) is 27.1 Å². The molecule has 0 amide bonds. The van der Waals surface area contributed by atoms with Crippen molar-refractivity contribution in [3.63, 3.8) is 0 Å². The van der Waals surface area contributed by atoms with Gasteiger partial charge in [-0.15, -0.1) is 0 Å². The first-order valence-corrected chi connectivity index (χ1v) is 5.50. The molecule has 0 unspecified atom stereocenters. The summed E-state index contributed by atoms with van der Waals surface area (Å²) in [5, 5.41) is 8.21. The third-order valence-electron chi connectivity index (χ3n) is 2.17. The third-order valence-corrected chi connectivity index (χ3v) is 2.17. The molecule has 0 aromatic carbocycles. The van der Waals surface area contributed by atoms with Crippen molar-refractivity contribution in [2.45, 2.75) is 0 Å². The molecule has 0 fully saturated rings. The second kappa shape index (κ2) is 7.48. The smallest absolute Gasteiger partial charge is 0.354 e. The highest BCUT2D eigenvalue weighted by Crippen LogP contribution is 2.11. The maximum absolute atomic E-state index is 12.3. The molecule has 1 N–H and O–H groups in total. The van der Waals surface area contributed by atoms with E-state index < -0.39 is 58.6 Å². The Bertz CT molecular complexity index is 700. The van der Waals surface area contributed by atoms with Gasteiger partial charge in [-0.1, -0.05) is 0 Å². The number of carboxylic acid groups (broad SMARTS) is 1. The summed E-state index contributed by atoms with van der Waals surface area (Å²) >= 11 is 0. The lowest BCUT2D eigenvalue weighted by atomic mass is 10.3. The molecule has 128 valence electrons. The van der Waals surface area contributed by atoms with Gasteiger partial charge < -0.3 is 5.11 Å². The number of hydrogen-bond acceptors (Lipinski definition) is 4. The highest BCUT2D eigenvalue weighted by atomic mass is 19.2. The van der Waals surface area contributed by atoms with Crippen LogP contribution in [0.5, 0.6) is 0 Å². The van der Waals surface area contributed by atoms with Gasteiger partial charge in [-0.05, 0) is 0 Å². The first-order chi connectivity index (χ1) is 11.0. The topological polar surface area (TPSA) is 80.2 Å². The number of carboxylic acids is 1. The Hall–Kier alpha value is -3.05. The van der Waals surface area contributed by atoms with Crippen molar-refractivity contribution in [3.05, 3.63) is 58.7 Å². The summed E-state index contributed by atoms with van der Waals surface area (Å²) < 4.78 is 84.9. The van der Waals surface area contributed by atoms with Crippen LogP contribution in [0.3, 0.4) is 0 Å². The van der Waals surface area contributed by atoms with Gasteiger partial charge in [-0.2, -0.15) is 22.0 Å². The van der Waals surface area contributed by atoms with E-state index in [1.807, 2.05) is 0 Å². The fraction of sp³-hybridized carbons (Fsp3) is 0. The van der Waals surface area contributed by atoms with Crippen LogP contribution in [0.25, 0.3) is 0 Å². The average Bonchev–Trinajstić information content (AvgIpc) is 2.49. The van der Waals surface area contributed by atoms with E-state index in [0.717, 1.165) is 0 Å². The zero-order valence-corrected chi connectivity index (χ0v) is 11.0. The quantitative estimate of drug-likeness (QED) is 0.509. The second-order valence-corrected chi connectivity index (χ2v) is 3.77. The normalized spacial score (nSPS) is 9.96. The van der Waals surface area contributed by atoms with Crippen molar-refractivity contribution in [2.75, 3.05) is 0 Å². The van der Waals surface area contributed by atoms with Crippen LogP contribution >= 0.6 is 0 Å². The fourth-order valence-electron chi connectivity index (χ4n) is 1.15. The van der Waals surface area contributed by atoms with Crippen LogP contribution in [0.15, 0.2) is 12.1 Å². The number of carbonyl (C=O) groups is 2. The number of pyridine rings is 2. The number of aromatic carboxylic acids is 1. The number of halogens is 7. The molecule has 0 saturated carbocycles. The van der Waals surface area contributed by atoms with Crippen LogP contribution in [-0.2, 0) is 0 Å². The van der Waals surface area contributed by atoms with Gasteiger partial charge in [0.25, 0.3) is 11.9 Å². The molecule has 0 spiro atoms.